The van der Waals surface area contributed by atoms with E-state index in [4.69, 9.17) is 28.2 Å². The van der Waals surface area contributed by atoms with Gasteiger partial charge in [-0.25, -0.2) is 0 Å². The Labute approximate surface area is 190 Å². The molecule has 0 N–H and O–H groups in total. The molecule has 1 aliphatic heterocycles. The monoisotopic (exact) mass is 479 g/mol. The van der Waals surface area contributed by atoms with Crippen molar-refractivity contribution < 1.29 is 22.4 Å². The Hall–Kier alpha value is -2.55. The second-order valence-corrected chi connectivity index (χ2v) is 8.81. The Balaban J connectivity index is 1.61. The van der Waals surface area contributed by atoms with Gasteiger partial charge < -0.3 is 4.42 Å². The molecule has 1 aliphatic rings. The lowest BCUT2D eigenvalue weighted by atomic mass is 10.1. The van der Waals surface area contributed by atoms with Crippen molar-refractivity contribution >= 4 is 57.6 Å². The Morgan fingerprint density at radius 1 is 1.13 bits per heavy atom. The quantitative estimate of drug-likeness (QED) is 0.291. The van der Waals surface area contributed by atoms with E-state index in [0.29, 0.717) is 16.5 Å². The summed E-state index contributed by atoms with van der Waals surface area (Å²) >= 11 is 12.4. The molecule has 0 saturated carbocycles. The van der Waals surface area contributed by atoms with Crippen LogP contribution in [0.5, 0.6) is 0 Å². The first-order valence-corrected chi connectivity index (χ1v) is 10.6. The summed E-state index contributed by atoms with van der Waals surface area (Å²) in [7, 11) is 0. The minimum Gasteiger partial charge on any atom is -0.457 e. The van der Waals surface area contributed by atoms with Gasteiger partial charge in [-0.2, -0.15) is 13.2 Å². The molecule has 1 saturated heterocycles. The Bertz CT molecular complexity index is 1230. The lowest BCUT2D eigenvalue weighted by Crippen LogP contribution is -2.27. The zero-order valence-electron chi connectivity index (χ0n) is 15.9. The molecule has 0 spiro atoms. The summed E-state index contributed by atoms with van der Waals surface area (Å²) in [6.07, 6.45) is -3.00. The van der Waals surface area contributed by atoms with Gasteiger partial charge in [0.15, 0.2) is 4.32 Å². The van der Waals surface area contributed by atoms with Gasteiger partial charge in [0.05, 0.1) is 16.2 Å². The maximum atomic E-state index is 13.0. The number of furan rings is 1. The van der Waals surface area contributed by atoms with E-state index in [2.05, 4.69) is 0 Å². The number of hydrogen-bond donors (Lipinski definition) is 0. The molecule has 0 bridgehead atoms. The number of rotatable bonds is 3. The molecule has 158 valence electrons. The predicted octanol–water partition coefficient (Wildman–Crippen LogP) is 7.33. The molecule has 3 nitrogen and oxygen atoms in total. The molecule has 4 rings (SSSR count). The van der Waals surface area contributed by atoms with E-state index in [1.807, 2.05) is 19.1 Å². The molecule has 0 unspecified atom stereocenters. The summed E-state index contributed by atoms with van der Waals surface area (Å²) in [5.74, 6) is 0.475. The van der Waals surface area contributed by atoms with E-state index in [9.17, 15) is 18.0 Å². The van der Waals surface area contributed by atoms with Crippen LogP contribution in [-0.2, 0) is 11.0 Å². The highest BCUT2D eigenvalue weighted by atomic mass is 35.5. The van der Waals surface area contributed by atoms with Crippen LogP contribution < -0.4 is 4.90 Å². The number of benzene rings is 2. The summed E-state index contributed by atoms with van der Waals surface area (Å²) in [6, 6.07) is 13.5. The van der Waals surface area contributed by atoms with Crippen molar-refractivity contribution in [2.45, 2.75) is 13.1 Å². The van der Waals surface area contributed by atoms with Crippen molar-refractivity contribution in [1.29, 1.82) is 0 Å². The molecular formula is C22H13ClF3NO2S2. The van der Waals surface area contributed by atoms with Crippen molar-refractivity contribution in [3.63, 3.8) is 0 Å². The van der Waals surface area contributed by atoms with Crippen LogP contribution in [0.2, 0.25) is 5.02 Å². The van der Waals surface area contributed by atoms with Crippen LogP contribution in [0.1, 0.15) is 16.9 Å². The number of carbonyl (C=O) groups is 1. The molecule has 2 aromatic carbocycles. The van der Waals surface area contributed by atoms with Gasteiger partial charge in [-0.05, 0) is 48.9 Å². The van der Waals surface area contributed by atoms with E-state index in [0.717, 1.165) is 39.9 Å². The Morgan fingerprint density at radius 3 is 2.61 bits per heavy atom. The van der Waals surface area contributed by atoms with Crippen LogP contribution in [0.25, 0.3) is 17.4 Å². The highest BCUT2D eigenvalue weighted by Gasteiger charge is 2.36. The maximum Gasteiger partial charge on any atom is 0.416 e. The SMILES string of the molecule is Cc1ccc(-c2ccc(/C=C3/SC(=S)N(c4cccc(C(F)(F)F)c4)C3=O)o2)cc1Cl. The molecule has 1 aromatic heterocycles. The fourth-order valence-corrected chi connectivity index (χ4v) is 4.43. The molecule has 0 atom stereocenters. The first-order valence-electron chi connectivity index (χ1n) is 8.95. The van der Waals surface area contributed by atoms with Gasteiger partial charge >= 0.3 is 6.18 Å². The highest BCUT2D eigenvalue weighted by Crippen LogP contribution is 2.39. The second-order valence-electron chi connectivity index (χ2n) is 6.73. The highest BCUT2D eigenvalue weighted by molar-refractivity contribution is 8.27. The summed E-state index contributed by atoms with van der Waals surface area (Å²) < 4.78 is 45.0. The number of amides is 1. The van der Waals surface area contributed by atoms with Crippen LogP contribution in [0.3, 0.4) is 0 Å². The minimum atomic E-state index is -4.52. The third-order valence-electron chi connectivity index (χ3n) is 4.58. The third-order valence-corrected chi connectivity index (χ3v) is 6.29. The molecule has 2 heterocycles. The number of halogens is 4. The zero-order valence-corrected chi connectivity index (χ0v) is 18.3. The zero-order chi connectivity index (χ0) is 22.3. The smallest absolute Gasteiger partial charge is 0.416 e. The number of alkyl halides is 3. The number of hydrogen-bond acceptors (Lipinski definition) is 4. The van der Waals surface area contributed by atoms with E-state index < -0.39 is 17.6 Å². The number of carbonyl (C=O) groups excluding carboxylic acids is 1. The normalized spacial score (nSPS) is 15.9. The first-order chi connectivity index (χ1) is 14.6. The molecule has 0 aliphatic carbocycles. The van der Waals surface area contributed by atoms with Gasteiger partial charge in [-0.1, -0.05) is 53.8 Å². The molecule has 0 radical (unpaired) electrons. The van der Waals surface area contributed by atoms with Gasteiger partial charge in [0.25, 0.3) is 5.91 Å². The Kier molecular flexibility index (Phi) is 5.72. The third kappa shape index (κ3) is 4.42. The number of thiocarbonyl (C=S) groups is 1. The average molecular weight is 480 g/mol. The number of thioether (sulfide) groups is 1. The van der Waals surface area contributed by atoms with Gasteiger partial charge in [0, 0.05) is 16.7 Å². The molecule has 3 aromatic rings. The van der Waals surface area contributed by atoms with Crippen molar-refractivity contribution in [3.8, 4) is 11.3 Å². The fraction of sp³-hybridized carbons (Fsp3) is 0.0909. The second kappa shape index (κ2) is 8.18. The summed E-state index contributed by atoms with van der Waals surface area (Å²) in [5, 5.41) is 0.609. The summed E-state index contributed by atoms with van der Waals surface area (Å²) in [4.78, 5) is 14.2. The number of nitrogens with zero attached hydrogens (tertiary/aromatic N) is 1. The van der Waals surface area contributed by atoms with Crippen LogP contribution in [-0.4, -0.2) is 10.2 Å². The first kappa shape index (κ1) is 21.7. The average Bonchev–Trinajstić information content (AvgIpc) is 3.28. The standard InChI is InChI=1S/C22H13ClF3NO2S2/c1-12-5-6-13(9-17(12)23)18-8-7-16(29-18)11-19-20(28)27(21(30)31-19)15-4-2-3-14(10-15)22(24,25)26/h2-11H,1H3/b19-11+. The largest absolute Gasteiger partial charge is 0.457 e. The lowest BCUT2D eigenvalue weighted by Gasteiger charge is -2.16. The topological polar surface area (TPSA) is 33.5 Å². The van der Waals surface area contributed by atoms with Gasteiger partial charge in [-0.15, -0.1) is 0 Å². The van der Waals surface area contributed by atoms with Crippen molar-refractivity contribution in [2.24, 2.45) is 0 Å². The number of anilines is 1. The number of aryl methyl sites for hydroxylation is 1. The molecule has 1 amide bonds. The van der Waals surface area contributed by atoms with Gasteiger partial charge in [0.1, 0.15) is 11.5 Å². The molecule has 9 heteroatoms. The summed E-state index contributed by atoms with van der Waals surface area (Å²) in [5.41, 5.74) is 0.938. The molecular weight excluding hydrogens is 467 g/mol. The van der Waals surface area contributed by atoms with Crippen LogP contribution in [0.15, 0.2) is 63.9 Å². The van der Waals surface area contributed by atoms with E-state index in [1.165, 1.54) is 18.2 Å². The van der Waals surface area contributed by atoms with E-state index in [-0.39, 0.29) is 14.9 Å². The lowest BCUT2D eigenvalue weighted by molar-refractivity contribution is -0.137. The molecule has 31 heavy (non-hydrogen) atoms. The minimum absolute atomic E-state index is 0.0650. The summed E-state index contributed by atoms with van der Waals surface area (Å²) in [6.45, 7) is 1.89. The van der Waals surface area contributed by atoms with Gasteiger partial charge in [-0.3, -0.25) is 9.69 Å². The van der Waals surface area contributed by atoms with E-state index >= 15 is 0 Å². The van der Waals surface area contributed by atoms with E-state index in [1.54, 1.807) is 18.2 Å². The van der Waals surface area contributed by atoms with Crippen molar-refractivity contribution in [3.05, 3.63) is 81.4 Å². The van der Waals surface area contributed by atoms with Crippen LogP contribution in [0, 0.1) is 6.92 Å². The van der Waals surface area contributed by atoms with Crippen molar-refractivity contribution in [2.75, 3.05) is 4.90 Å². The maximum absolute atomic E-state index is 13.0. The van der Waals surface area contributed by atoms with Crippen LogP contribution in [0.4, 0.5) is 18.9 Å². The van der Waals surface area contributed by atoms with Gasteiger partial charge in [0.2, 0.25) is 0 Å². The van der Waals surface area contributed by atoms with Crippen LogP contribution >= 0.6 is 35.6 Å². The Morgan fingerprint density at radius 2 is 1.90 bits per heavy atom. The van der Waals surface area contributed by atoms with Crippen molar-refractivity contribution in [1.82, 2.24) is 0 Å². The fourth-order valence-electron chi connectivity index (χ4n) is 2.97. The predicted molar refractivity (Wildman–Crippen MR) is 121 cm³/mol. The molecule has 1 fully saturated rings.